The first-order valence-electron chi connectivity index (χ1n) is 7.86. The average molecular weight is 340 g/mol. The molecule has 1 aliphatic carbocycles. The van der Waals surface area contributed by atoms with Crippen LogP contribution in [0.25, 0.3) is 0 Å². The second-order valence-electron chi connectivity index (χ2n) is 5.86. The normalized spacial score (nSPS) is 16.0. The molecule has 0 radical (unpaired) electrons. The Hall–Kier alpha value is -1.44. The van der Waals surface area contributed by atoms with Crippen LogP contribution in [0.15, 0.2) is 29.2 Å². The molecule has 1 N–H and O–H groups in total. The molecule has 0 aromatic heterocycles. The van der Waals surface area contributed by atoms with Gasteiger partial charge in [-0.05, 0) is 36.6 Å². The molecule has 23 heavy (non-hydrogen) atoms. The van der Waals surface area contributed by atoms with Gasteiger partial charge in [0.1, 0.15) is 0 Å². The average Bonchev–Trinajstić information content (AvgIpc) is 3.06. The summed E-state index contributed by atoms with van der Waals surface area (Å²) in [5, 5.41) is 2.81. The number of carbonyl (C=O) groups is 1. The van der Waals surface area contributed by atoms with Crippen LogP contribution in [0.5, 0.6) is 0 Å². The van der Waals surface area contributed by atoms with Crippen molar-refractivity contribution in [2.75, 3.05) is 19.5 Å². The zero-order chi connectivity index (χ0) is 16.9. The van der Waals surface area contributed by atoms with Crippen LogP contribution >= 0.6 is 0 Å². The van der Waals surface area contributed by atoms with Crippen LogP contribution < -0.4 is 5.32 Å². The predicted octanol–water partition coefficient (Wildman–Crippen LogP) is 2.78. The Balaban J connectivity index is 1.90. The summed E-state index contributed by atoms with van der Waals surface area (Å²) in [6.45, 7) is 0. The number of carbonyl (C=O) groups excluding carboxylic acids is 1. The van der Waals surface area contributed by atoms with Crippen LogP contribution in [0.4, 0.5) is 5.69 Å². The molecule has 0 bridgehead atoms. The number of anilines is 1. The summed E-state index contributed by atoms with van der Waals surface area (Å²) < 4.78 is 24.9. The highest BCUT2D eigenvalue weighted by atomic mass is 32.2. The number of hydroxylamine groups is 1. The molecule has 2 rings (SSSR count). The molecule has 1 aromatic carbocycles. The SMILES string of the molecule is CON(C)S(=O)(=O)c1ccc(NC(=O)CCC2CCCC2)cc1. The number of nitrogens with zero attached hydrogens (tertiary/aromatic N) is 1. The van der Waals surface area contributed by atoms with E-state index in [1.165, 1.54) is 52.0 Å². The summed E-state index contributed by atoms with van der Waals surface area (Å²) in [4.78, 5) is 16.8. The molecule has 7 heteroatoms. The van der Waals surface area contributed by atoms with Gasteiger partial charge < -0.3 is 5.32 Å². The van der Waals surface area contributed by atoms with E-state index in [1.807, 2.05) is 0 Å². The van der Waals surface area contributed by atoms with Gasteiger partial charge in [0, 0.05) is 19.2 Å². The Labute approximate surface area is 137 Å². The van der Waals surface area contributed by atoms with Gasteiger partial charge in [-0.25, -0.2) is 8.42 Å². The highest BCUT2D eigenvalue weighted by molar-refractivity contribution is 7.89. The van der Waals surface area contributed by atoms with E-state index >= 15 is 0 Å². The molecule has 0 heterocycles. The van der Waals surface area contributed by atoms with Gasteiger partial charge in [0.15, 0.2) is 0 Å². The highest BCUT2D eigenvalue weighted by Crippen LogP contribution is 2.28. The second-order valence-corrected chi connectivity index (χ2v) is 7.79. The molecule has 1 aromatic rings. The van der Waals surface area contributed by atoms with E-state index in [1.54, 1.807) is 12.1 Å². The third-order valence-electron chi connectivity index (χ3n) is 4.29. The number of nitrogens with one attached hydrogen (secondary N) is 1. The number of benzene rings is 1. The molecular weight excluding hydrogens is 316 g/mol. The number of sulfonamides is 1. The first kappa shape index (κ1) is 17.9. The fourth-order valence-electron chi connectivity index (χ4n) is 2.81. The quantitative estimate of drug-likeness (QED) is 0.775. The van der Waals surface area contributed by atoms with Crippen molar-refractivity contribution in [3.8, 4) is 0 Å². The molecular formula is C16H24N2O4S. The Morgan fingerprint density at radius 1 is 1.26 bits per heavy atom. The van der Waals surface area contributed by atoms with Gasteiger partial charge in [-0.15, -0.1) is 0 Å². The zero-order valence-electron chi connectivity index (χ0n) is 13.6. The number of rotatable bonds is 7. The van der Waals surface area contributed by atoms with Crippen molar-refractivity contribution in [1.29, 1.82) is 0 Å². The number of hydrogen-bond acceptors (Lipinski definition) is 4. The molecule has 1 amide bonds. The van der Waals surface area contributed by atoms with E-state index in [2.05, 4.69) is 5.32 Å². The standard InChI is InChI=1S/C16H24N2O4S/c1-18(22-2)23(20,21)15-10-8-14(9-11-15)17-16(19)12-7-13-5-3-4-6-13/h8-11,13H,3-7,12H2,1-2H3,(H,17,19). The molecule has 1 aliphatic rings. The van der Waals surface area contributed by atoms with E-state index in [0.717, 1.165) is 10.9 Å². The van der Waals surface area contributed by atoms with Gasteiger partial charge in [-0.2, -0.15) is 0 Å². The van der Waals surface area contributed by atoms with E-state index in [4.69, 9.17) is 4.84 Å². The first-order chi connectivity index (χ1) is 10.9. The van der Waals surface area contributed by atoms with Crippen molar-refractivity contribution in [2.45, 2.75) is 43.4 Å². The predicted molar refractivity (Wildman–Crippen MR) is 88.2 cm³/mol. The molecule has 1 saturated carbocycles. The molecule has 6 nitrogen and oxygen atoms in total. The van der Waals surface area contributed by atoms with Crippen molar-refractivity contribution in [1.82, 2.24) is 4.47 Å². The summed E-state index contributed by atoms with van der Waals surface area (Å²) in [7, 11) is -1.04. The Bertz CT molecular complexity index is 622. The monoisotopic (exact) mass is 340 g/mol. The van der Waals surface area contributed by atoms with Gasteiger partial charge in [0.25, 0.3) is 10.0 Å². The topological polar surface area (TPSA) is 75.7 Å². The van der Waals surface area contributed by atoms with Gasteiger partial charge >= 0.3 is 0 Å². The smallest absolute Gasteiger partial charge is 0.264 e. The van der Waals surface area contributed by atoms with Gasteiger partial charge in [-0.1, -0.05) is 30.2 Å². The van der Waals surface area contributed by atoms with E-state index in [0.29, 0.717) is 18.0 Å². The molecule has 1 fully saturated rings. The fourth-order valence-corrected chi connectivity index (χ4v) is 3.79. The lowest BCUT2D eigenvalue weighted by molar-refractivity contribution is -0.116. The zero-order valence-corrected chi connectivity index (χ0v) is 14.4. The Kier molecular flexibility index (Phi) is 6.15. The molecule has 0 atom stereocenters. The fraction of sp³-hybridized carbons (Fsp3) is 0.562. The molecule has 0 aliphatic heterocycles. The molecule has 0 unspecified atom stereocenters. The van der Waals surface area contributed by atoms with Crippen LogP contribution in [-0.2, 0) is 19.7 Å². The van der Waals surface area contributed by atoms with Crippen molar-refractivity contribution in [3.05, 3.63) is 24.3 Å². The first-order valence-corrected chi connectivity index (χ1v) is 9.30. The maximum Gasteiger partial charge on any atom is 0.264 e. The van der Waals surface area contributed by atoms with Gasteiger partial charge in [0.2, 0.25) is 5.91 Å². The minimum Gasteiger partial charge on any atom is -0.326 e. The molecule has 128 valence electrons. The summed E-state index contributed by atoms with van der Waals surface area (Å²) in [5.41, 5.74) is 0.598. The highest BCUT2D eigenvalue weighted by Gasteiger charge is 2.20. The second kappa shape index (κ2) is 7.90. The lowest BCUT2D eigenvalue weighted by Crippen LogP contribution is -2.25. The van der Waals surface area contributed by atoms with Crippen molar-refractivity contribution < 1.29 is 18.0 Å². The van der Waals surface area contributed by atoms with Crippen LogP contribution in [0, 0.1) is 5.92 Å². The maximum absolute atomic E-state index is 12.1. The lowest BCUT2D eigenvalue weighted by Gasteiger charge is -2.14. The largest absolute Gasteiger partial charge is 0.326 e. The maximum atomic E-state index is 12.1. The van der Waals surface area contributed by atoms with Crippen LogP contribution in [0.2, 0.25) is 0 Å². The van der Waals surface area contributed by atoms with E-state index in [9.17, 15) is 13.2 Å². The van der Waals surface area contributed by atoms with Crippen LogP contribution in [0.3, 0.4) is 0 Å². The van der Waals surface area contributed by atoms with Crippen LogP contribution in [-0.4, -0.2) is 33.0 Å². The van der Waals surface area contributed by atoms with Crippen molar-refractivity contribution in [2.24, 2.45) is 5.92 Å². The Morgan fingerprint density at radius 2 is 1.87 bits per heavy atom. The summed E-state index contributed by atoms with van der Waals surface area (Å²) >= 11 is 0. The van der Waals surface area contributed by atoms with Crippen molar-refractivity contribution in [3.63, 3.8) is 0 Å². The lowest BCUT2D eigenvalue weighted by atomic mass is 10.0. The number of hydrogen-bond donors (Lipinski definition) is 1. The van der Waals surface area contributed by atoms with E-state index in [-0.39, 0.29) is 10.8 Å². The number of amides is 1. The Morgan fingerprint density at radius 3 is 2.43 bits per heavy atom. The van der Waals surface area contributed by atoms with E-state index < -0.39 is 10.0 Å². The van der Waals surface area contributed by atoms with Crippen molar-refractivity contribution >= 4 is 21.6 Å². The minimum absolute atomic E-state index is 0.0264. The molecule has 0 spiro atoms. The summed E-state index contributed by atoms with van der Waals surface area (Å²) in [5.74, 6) is 0.652. The van der Waals surface area contributed by atoms with Gasteiger partial charge in [-0.3, -0.25) is 9.63 Å². The molecule has 0 saturated heterocycles. The van der Waals surface area contributed by atoms with Gasteiger partial charge in [0.05, 0.1) is 12.0 Å². The third kappa shape index (κ3) is 4.76. The minimum atomic E-state index is -3.66. The third-order valence-corrected chi connectivity index (χ3v) is 5.98. The summed E-state index contributed by atoms with van der Waals surface area (Å²) in [6, 6.07) is 6.09. The summed E-state index contributed by atoms with van der Waals surface area (Å²) in [6.07, 6.45) is 6.45. The van der Waals surface area contributed by atoms with Crippen LogP contribution in [0.1, 0.15) is 38.5 Å².